The first-order chi connectivity index (χ1) is 14.6. The van der Waals surface area contributed by atoms with Gasteiger partial charge in [-0.05, 0) is 61.0 Å². The maximum Gasteiger partial charge on any atom is 0.251 e. The van der Waals surface area contributed by atoms with E-state index in [1.54, 1.807) is 43.5 Å². The molecule has 154 valence electrons. The summed E-state index contributed by atoms with van der Waals surface area (Å²) in [7, 11) is 1.60. The summed E-state index contributed by atoms with van der Waals surface area (Å²) in [6.45, 7) is 2.48. The predicted octanol–water partition coefficient (Wildman–Crippen LogP) is 4.87. The van der Waals surface area contributed by atoms with E-state index in [2.05, 4.69) is 10.6 Å². The number of rotatable bonds is 9. The van der Waals surface area contributed by atoms with E-state index in [0.29, 0.717) is 24.1 Å². The second-order valence-electron chi connectivity index (χ2n) is 7.01. The van der Waals surface area contributed by atoms with Crippen molar-refractivity contribution in [1.29, 1.82) is 0 Å². The van der Waals surface area contributed by atoms with Crippen molar-refractivity contribution in [3.63, 3.8) is 0 Å². The maximum absolute atomic E-state index is 12.5. The van der Waals surface area contributed by atoms with Gasteiger partial charge in [0.2, 0.25) is 0 Å². The van der Waals surface area contributed by atoms with E-state index in [-0.39, 0.29) is 17.7 Å². The molecule has 5 heteroatoms. The minimum absolute atomic E-state index is 0.0658. The average molecular weight is 402 g/mol. The van der Waals surface area contributed by atoms with E-state index in [4.69, 9.17) is 4.74 Å². The molecule has 0 aliphatic carbocycles. The first-order valence-corrected chi connectivity index (χ1v) is 9.94. The van der Waals surface area contributed by atoms with Gasteiger partial charge >= 0.3 is 0 Å². The highest BCUT2D eigenvalue weighted by atomic mass is 16.5. The summed E-state index contributed by atoms with van der Waals surface area (Å²) in [6, 6.07) is 24.1. The Morgan fingerprint density at radius 1 is 0.867 bits per heavy atom. The first-order valence-electron chi connectivity index (χ1n) is 9.94. The molecule has 0 aliphatic heterocycles. The van der Waals surface area contributed by atoms with E-state index in [0.717, 1.165) is 17.0 Å². The van der Waals surface area contributed by atoms with Crippen LogP contribution in [0, 0.1) is 0 Å². The normalized spacial score (nSPS) is 11.4. The van der Waals surface area contributed by atoms with Gasteiger partial charge in [0.25, 0.3) is 5.91 Å². The monoisotopic (exact) mass is 402 g/mol. The van der Waals surface area contributed by atoms with Gasteiger partial charge in [-0.2, -0.15) is 0 Å². The van der Waals surface area contributed by atoms with Gasteiger partial charge in [0.05, 0.1) is 13.2 Å². The Hall–Kier alpha value is -3.60. The second kappa shape index (κ2) is 10.3. The van der Waals surface area contributed by atoms with Crippen molar-refractivity contribution < 1.29 is 14.3 Å². The minimum atomic E-state index is -0.118. The molecule has 1 amide bonds. The zero-order valence-electron chi connectivity index (χ0n) is 17.2. The third-order valence-corrected chi connectivity index (χ3v) is 4.89. The SMILES string of the molecule is COc1ccc(C(=O)CCNc2ccc(C(=O)N[C@@H](C)c3ccccc3)cc2)cc1. The van der Waals surface area contributed by atoms with Crippen LogP contribution in [0.1, 0.15) is 45.7 Å². The van der Waals surface area contributed by atoms with Gasteiger partial charge < -0.3 is 15.4 Å². The largest absolute Gasteiger partial charge is 0.497 e. The van der Waals surface area contributed by atoms with Gasteiger partial charge in [-0.1, -0.05) is 30.3 Å². The number of hydrogen-bond donors (Lipinski definition) is 2. The van der Waals surface area contributed by atoms with Crippen LogP contribution in [0.25, 0.3) is 0 Å². The van der Waals surface area contributed by atoms with E-state index in [1.807, 2.05) is 49.4 Å². The summed E-state index contributed by atoms with van der Waals surface area (Å²) in [4.78, 5) is 24.7. The molecule has 3 aromatic carbocycles. The summed E-state index contributed by atoms with van der Waals surface area (Å²) >= 11 is 0. The molecule has 0 fully saturated rings. The number of carbonyl (C=O) groups excluding carboxylic acids is 2. The topological polar surface area (TPSA) is 67.4 Å². The number of hydrogen-bond acceptors (Lipinski definition) is 4. The van der Waals surface area contributed by atoms with Crippen LogP contribution >= 0.6 is 0 Å². The third-order valence-electron chi connectivity index (χ3n) is 4.89. The lowest BCUT2D eigenvalue weighted by atomic mass is 10.1. The third kappa shape index (κ3) is 5.70. The van der Waals surface area contributed by atoms with Crippen molar-refractivity contribution in [2.45, 2.75) is 19.4 Å². The van der Waals surface area contributed by atoms with Crippen LogP contribution in [0.15, 0.2) is 78.9 Å². The molecule has 0 saturated carbocycles. The number of carbonyl (C=O) groups is 2. The zero-order valence-corrected chi connectivity index (χ0v) is 17.2. The summed E-state index contributed by atoms with van der Waals surface area (Å²) in [6.07, 6.45) is 0.378. The lowest BCUT2D eigenvalue weighted by molar-refractivity contribution is 0.0938. The van der Waals surface area contributed by atoms with Crippen molar-refractivity contribution in [3.8, 4) is 5.75 Å². The van der Waals surface area contributed by atoms with E-state index in [9.17, 15) is 9.59 Å². The minimum Gasteiger partial charge on any atom is -0.497 e. The number of methoxy groups -OCH3 is 1. The molecule has 30 heavy (non-hydrogen) atoms. The molecule has 1 atom stereocenters. The first kappa shape index (κ1) is 21.1. The molecular weight excluding hydrogens is 376 g/mol. The average Bonchev–Trinajstić information content (AvgIpc) is 2.80. The number of Topliss-reactive ketones (excluding diaryl/α,β-unsaturated/α-hetero) is 1. The summed E-state index contributed by atoms with van der Waals surface area (Å²) in [5.74, 6) is 0.676. The van der Waals surface area contributed by atoms with Crippen LogP contribution in [0.5, 0.6) is 5.75 Å². The highest BCUT2D eigenvalue weighted by Gasteiger charge is 2.11. The zero-order chi connectivity index (χ0) is 21.3. The molecule has 0 aromatic heterocycles. The number of amides is 1. The smallest absolute Gasteiger partial charge is 0.251 e. The number of nitrogens with one attached hydrogen (secondary N) is 2. The Morgan fingerprint density at radius 2 is 1.50 bits per heavy atom. The van der Waals surface area contributed by atoms with Crippen molar-refractivity contribution in [1.82, 2.24) is 5.32 Å². The van der Waals surface area contributed by atoms with Gasteiger partial charge in [-0.15, -0.1) is 0 Å². The lowest BCUT2D eigenvalue weighted by Gasteiger charge is -2.14. The molecule has 0 aliphatic rings. The van der Waals surface area contributed by atoms with Crippen LogP contribution in [0.3, 0.4) is 0 Å². The van der Waals surface area contributed by atoms with Crippen LogP contribution in [0.4, 0.5) is 5.69 Å². The van der Waals surface area contributed by atoms with Crippen molar-refractivity contribution in [3.05, 3.63) is 95.6 Å². The van der Waals surface area contributed by atoms with E-state index < -0.39 is 0 Å². The summed E-state index contributed by atoms with van der Waals surface area (Å²) in [5.41, 5.74) is 3.19. The Balaban J connectivity index is 1.48. The standard InChI is InChI=1S/C25H26N2O3/c1-18(19-6-4-3-5-7-19)27-25(29)21-8-12-22(13-9-21)26-17-16-24(28)20-10-14-23(30-2)15-11-20/h3-15,18,26H,16-17H2,1-2H3,(H,27,29)/t18-/m0/s1. The van der Waals surface area contributed by atoms with Crippen LogP contribution in [0.2, 0.25) is 0 Å². The molecule has 0 heterocycles. The van der Waals surface area contributed by atoms with Crippen molar-refractivity contribution >= 4 is 17.4 Å². The van der Waals surface area contributed by atoms with E-state index >= 15 is 0 Å². The highest BCUT2D eigenvalue weighted by molar-refractivity contribution is 5.96. The fraction of sp³-hybridized carbons (Fsp3) is 0.200. The molecule has 5 nitrogen and oxygen atoms in total. The Labute approximate surface area is 177 Å². The van der Waals surface area contributed by atoms with Gasteiger partial charge in [0.1, 0.15) is 5.75 Å². The van der Waals surface area contributed by atoms with Crippen LogP contribution < -0.4 is 15.4 Å². The molecule has 3 rings (SSSR count). The van der Waals surface area contributed by atoms with Gasteiger partial charge in [-0.25, -0.2) is 0 Å². The van der Waals surface area contributed by atoms with Gasteiger partial charge in [0, 0.05) is 29.8 Å². The van der Waals surface area contributed by atoms with Gasteiger partial charge in [0.15, 0.2) is 5.78 Å². The molecule has 0 radical (unpaired) electrons. The highest BCUT2D eigenvalue weighted by Crippen LogP contribution is 2.15. The van der Waals surface area contributed by atoms with Crippen molar-refractivity contribution in [2.75, 3.05) is 19.0 Å². The Bertz CT molecular complexity index is 968. The maximum atomic E-state index is 12.5. The van der Waals surface area contributed by atoms with Crippen molar-refractivity contribution in [2.24, 2.45) is 0 Å². The fourth-order valence-corrected chi connectivity index (χ4v) is 3.09. The van der Waals surface area contributed by atoms with Crippen LogP contribution in [-0.4, -0.2) is 25.3 Å². The number of benzene rings is 3. The fourth-order valence-electron chi connectivity index (χ4n) is 3.09. The number of ether oxygens (including phenoxy) is 1. The Morgan fingerprint density at radius 3 is 2.13 bits per heavy atom. The lowest BCUT2D eigenvalue weighted by Crippen LogP contribution is -2.26. The molecule has 0 saturated heterocycles. The number of ketones is 1. The summed E-state index contributed by atoms with van der Waals surface area (Å²) < 4.78 is 5.11. The van der Waals surface area contributed by atoms with E-state index in [1.165, 1.54) is 0 Å². The molecule has 3 aromatic rings. The predicted molar refractivity (Wildman–Crippen MR) is 119 cm³/mol. The second-order valence-corrected chi connectivity index (χ2v) is 7.01. The molecule has 0 unspecified atom stereocenters. The Kier molecular flexibility index (Phi) is 7.22. The quantitative estimate of drug-likeness (QED) is 0.501. The number of anilines is 1. The summed E-state index contributed by atoms with van der Waals surface area (Å²) in [5, 5.41) is 6.23. The van der Waals surface area contributed by atoms with Crippen LogP contribution in [-0.2, 0) is 0 Å². The molecule has 2 N–H and O–H groups in total. The molecule has 0 bridgehead atoms. The van der Waals surface area contributed by atoms with Gasteiger partial charge in [-0.3, -0.25) is 9.59 Å². The molecule has 0 spiro atoms. The molecular formula is C25H26N2O3.